The molecule has 2 aliphatic rings. The van der Waals surface area contributed by atoms with Crippen LogP contribution >= 0.6 is 0 Å². The summed E-state index contributed by atoms with van der Waals surface area (Å²) in [6.07, 6.45) is 36.3. The SMILES string of the molecule is CCCCCCCCCCCCCCCCCCCCCCCCCCCCCCCCCCCCC(=O)NC(COC1OC(CO)C(OC2OC(CO)C(O)C(O)C2O)C(O)C1O)C(O)CCCCCCCC. The molecule has 0 aromatic rings. The lowest BCUT2D eigenvalue weighted by Gasteiger charge is -2.46. The van der Waals surface area contributed by atoms with E-state index in [1.807, 2.05) is 0 Å². The van der Waals surface area contributed by atoms with Crippen molar-refractivity contribution in [2.75, 3.05) is 19.8 Å². The van der Waals surface area contributed by atoms with Gasteiger partial charge < -0.3 is 65.1 Å². The summed E-state index contributed by atoms with van der Waals surface area (Å²) in [7, 11) is 0. The fourth-order valence-corrected chi connectivity index (χ4v) is 10.8. The summed E-state index contributed by atoms with van der Waals surface area (Å²) in [5.74, 6) is -0.206. The summed E-state index contributed by atoms with van der Waals surface area (Å²) in [6, 6.07) is -0.820. The Balaban J connectivity index is 1.51. The number of unbranched alkanes of at least 4 members (excludes halogenated alkanes) is 38. The maximum Gasteiger partial charge on any atom is 0.220 e. The Bertz CT molecular complexity index is 1250. The lowest BCUT2D eigenvalue weighted by atomic mass is 9.97. The van der Waals surface area contributed by atoms with E-state index in [1.54, 1.807) is 0 Å². The molecule has 0 aromatic carbocycles. The van der Waals surface area contributed by atoms with Gasteiger partial charge in [0.25, 0.3) is 0 Å². The number of ether oxygens (including phenoxy) is 4. The number of hydrogen-bond acceptors (Lipinski definition) is 13. The van der Waals surface area contributed by atoms with E-state index in [-0.39, 0.29) is 12.5 Å². The van der Waals surface area contributed by atoms with Crippen LogP contribution in [-0.2, 0) is 23.7 Å². The summed E-state index contributed by atoms with van der Waals surface area (Å²) >= 11 is 0. The number of nitrogens with one attached hydrogen (secondary N) is 1. The smallest absolute Gasteiger partial charge is 0.220 e. The maximum atomic E-state index is 13.2. The largest absolute Gasteiger partial charge is 0.394 e. The number of carbonyl (C=O) groups excluding carboxylic acids is 1. The summed E-state index contributed by atoms with van der Waals surface area (Å²) in [5.41, 5.74) is 0. The Hall–Kier alpha value is -1.01. The van der Waals surface area contributed by atoms with E-state index in [2.05, 4.69) is 19.2 Å². The fraction of sp³-hybridized carbons (Fsp3) is 0.983. The van der Waals surface area contributed by atoms with Gasteiger partial charge in [0.2, 0.25) is 5.91 Å². The van der Waals surface area contributed by atoms with E-state index in [0.717, 1.165) is 64.2 Å². The first kappa shape index (κ1) is 69.1. The van der Waals surface area contributed by atoms with Crippen molar-refractivity contribution in [1.29, 1.82) is 0 Å². The van der Waals surface area contributed by atoms with Crippen LogP contribution in [-0.4, -0.2) is 140 Å². The predicted octanol–water partition coefficient (Wildman–Crippen LogP) is 10.9. The third kappa shape index (κ3) is 32.2. The van der Waals surface area contributed by atoms with Gasteiger partial charge in [-0.3, -0.25) is 4.79 Å². The van der Waals surface area contributed by atoms with Crippen molar-refractivity contribution >= 4 is 5.91 Å². The van der Waals surface area contributed by atoms with Crippen LogP contribution < -0.4 is 5.32 Å². The normalized spacial score (nSPS) is 25.1. The second kappa shape index (κ2) is 46.9. The van der Waals surface area contributed by atoms with Crippen molar-refractivity contribution < 1.29 is 64.6 Å². The first-order valence-electron chi connectivity index (χ1n) is 31.3. The molecule has 0 radical (unpaired) electrons. The topological polar surface area (TPSA) is 228 Å². The minimum absolute atomic E-state index is 0.206. The third-order valence-electron chi connectivity index (χ3n) is 15.8. The molecule has 12 unspecified atom stereocenters. The summed E-state index contributed by atoms with van der Waals surface area (Å²) < 4.78 is 22.7. The van der Waals surface area contributed by atoms with E-state index in [4.69, 9.17) is 18.9 Å². The zero-order chi connectivity index (χ0) is 53.9. The van der Waals surface area contributed by atoms with Crippen molar-refractivity contribution in [3.05, 3.63) is 0 Å². The Labute approximate surface area is 451 Å². The van der Waals surface area contributed by atoms with E-state index in [0.29, 0.717) is 12.8 Å². The van der Waals surface area contributed by atoms with Gasteiger partial charge in [0.1, 0.15) is 48.8 Å². The molecule has 2 saturated heterocycles. The Morgan fingerprint density at radius 1 is 0.432 bits per heavy atom. The monoisotopic (exact) mass is 1060 g/mol. The van der Waals surface area contributed by atoms with Gasteiger partial charge >= 0.3 is 0 Å². The van der Waals surface area contributed by atoms with Gasteiger partial charge in [-0.1, -0.05) is 264 Å². The minimum Gasteiger partial charge on any atom is -0.394 e. The molecule has 14 heteroatoms. The molecule has 0 spiro atoms. The van der Waals surface area contributed by atoms with Crippen molar-refractivity contribution in [3.63, 3.8) is 0 Å². The molecule has 0 aliphatic carbocycles. The van der Waals surface area contributed by atoms with Crippen LogP contribution in [0.1, 0.15) is 284 Å². The van der Waals surface area contributed by atoms with Crippen LogP contribution in [0.4, 0.5) is 0 Å². The number of aliphatic hydroxyl groups is 8. The average Bonchev–Trinajstić information content (AvgIpc) is 3.40. The molecular formula is C60H117NO13. The maximum absolute atomic E-state index is 13.2. The average molecular weight is 1060 g/mol. The molecular weight excluding hydrogens is 943 g/mol. The lowest BCUT2D eigenvalue weighted by molar-refractivity contribution is -0.359. The number of aliphatic hydroxyl groups excluding tert-OH is 8. The first-order chi connectivity index (χ1) is 36.1. The number of amides is 1. The van der Waals surface area contributed by atoms with Crippen molar-refractivity contribution in [2.24, 2.45) is 0 Å². The van der Waals surface area contributed by atoms with Gasteiger partial charge in [0.15, 0.2) is 12.6 Å². The van der Waals surface area contributed by atoms with Crippen molar-refractivity contribution in [3.8, 4) is 0 Å². The van der Waals surface area contributed by atoms with Gasteiger partial charge in [0, 0.05) is 6.42 Å². The highest BCUT2D eigenvalue weighted by atomic mass is 16.7. The van der Waals surface area contributed by atoms with Crippen LogP contribution in [0.25, 0.3) is 0 Å². The predicted molar refractivity (Wildman–Crippen MR) is 296 cm³/mol. The number of carbonyl (C=O) groups is 1. The van der Waals surface area contributed by atoms with Crippen LogP contribution in [0.5, 0.6) is 0 Å². The minimum atomic E-state index is -1.78. The molecule has 2 fully saturated rings. The summed E-state index contributed by atoms with van der Waals surface area (Å²) in [6.45, 7) is 2.81. The molecule has 2 heterocycles. The Morgan fingerprint density at radius 2 is 0.770 bits per heavy atom. The third-order valence-corrected chi connectivity index (χ3v) is 15.8. The highest BCUT2D eigenvalue weighted by molar-refractivity contribution is 5.76. The molecule has 1 amide bonds. The van der Waals surface area contributed by atoms with Gasteiger partial charge in [-0.2, -0.15) is 0 Å². The summed E-state index contributed by atoms with van der Waals surface area (Å²) in [4.78, 5) is 13.2. The second-order valence-electron chi connectivity index (χ2n) is 22.6. The molecule has 0 bridgehead atoms. The second-order valence-corrected chi connectivity index (χ2v) is 22.6. The van der Waals surface area contributed by atoms with Crippen LogP contribution in [0.3, 0.4) is 0 Å². The quantitative estimate of drug-likeness (QED) is 0.0259. The molecule has 9 N–H and O–H groups in total. The van der Waals surface area contributed by atoms with Crippen molar-refractivity contribution in [1.82, 2.24) is 5.32 Å². The standard InChI is InChI=1S/C60H117NO13/c1-3-5-7-9-11-12-13-14-15-16-17-18-19-20-21-22-23-24-25-26-27-28-29-30-31-32-33-34-35-36-37-38-40-42-44-52(65)61-48(49(64)43-41-39-10-8-6-4-2)47-71-59-57(70)55(68)58(51(46-63)73-59)74-60-56(69)54(67)53(66)50(45-62)72-60/h48-51,53-60,62-64,66-70H,3-47H2,1-2H3,(H,61,65). The van der Waals surface area contributed by atoms with E-state index in [9.17, 15) is 45.6 Å². The van der Waals surface area contributed by atoms with Crippen LogP contribution in [0.15, 0.2) is 0 Å². The molecule has 0 saturated carbocycles. The molecule has 440 valence electrons. The van der Waals surface area contributed by atoms with E-state index < -0.39 is 86.8 Å². The molecule has 0 aromatic heterocycles. The van der Waals surface area contributed by atoms with Gasteiger partial charge in [-0.05, 0) is 12.8 Å². The number of rotatable bonds is 51. The van der Waals surface area contributed by atoms with Crippen molar-refractivity contribution in [2.45, 2.75) is 357 Å². The molecule has 12 atom stereocenters. The van der Waals surface area contributed by atoms with Gasteiger partial charge in [-0.15, -0.1) is 0 Å². The molecule has 74 heavy (non-hydrogen) atoms. The molecule has 14 nitrogen and oxygen atoms in total. The molecule has 2 rings (SSSR count). The first-order valence-corrected chi connectivity index (χ1v) is 31.3. The van der Waals surface area contributed by atoms with Crippen LogP contribution in [0, 0.1) is 0 Å². The van der Waals surface area contributed by atoms with E-state index in [1.165, 1.54) is 193 Å². The zero-order valence-corrected chi connectivity index (χ0v) is 47.4. The zero-order valence-electron chi connectivity index (χ0n) is 47.4. The number of hydrogen-bond donors (Lipinski definition) is 9. The Kier molecular flexibility index (Phi) is 43.8. The Morgan fingerprint density at radius 3 is 1.15 bits per heavy atom. The fourth-order valence-electron chi connectivity index (χ4n) is 10.8. The lowest BCUT2D eigenvalue weighted by Crippen LogP contribution is -2.65. The van der Waals surface area contributed by atoms with E-state index >= 15 is 0 Å². The van der Waals surface area contributed by atoms with Gasteiger partial charge in [-0.25, -0.2) is 0 Å². The highest BCUT2D eigenvalue weighted by Crippen LogP contribution is 2.30. The highest BCUT2D eigenvalue weighted by Gasteiger charge is 2.51. The van der Waals surface area contributed by atoms with Gasteiger partial charge in [0.05, 0.1) is 32.0 Å². The van der Waals surface area contributed by atoms with Crippen LogP contribution in [0.2, 0.25) is 0 Å². The molecule has 2 aliphatic heterocycles. The summed E-state index contributed by atoms with van der Waals surface area (Å²) in [5, 5.41) is 86.7.